The van der Waals surface area contributed by atoms with Gasteiger partial charge in [0.05, 0.1) is 5.92 Å². The molecule has 1 amide bonds. The molecule has 0 aliphatic heterocycles. The number of halogens is 1. The van der Waals surface area contributed by atoms with Gasteiger partial charge in [-0.1, -0.05) is 18.2 Å². The molecule has 1 aromatic rings. The fourth-order valence-corrected chi connectivity index (χ4v) is 1.55. The number of amides is 1. The van der Waals surface area contributed by atoms with Crippen molar-refractivity contribution >= 4 is 5.91 Å². The molecule has 0 aliphatic rings. The molecule has 3 heteroatoms. The molecule has 0 unspecified atom stereocenters. The van der Waals surface area contributed by atoms with E-state index in [0.29, 0.717) is 13.0 Å². The first-order chi connectivity index (χ1) is 7.69. The maximum Gasteiger partial charge on any atom is 0.227 e. The number of rotatable bonds is 5. The minimum atomic E-state index is -0.294. The Morgan fingerprint density at radius 1 is 1.50 bits per heavy atom. The maximum absolute atomic E-state index is 12.8. The van der Waals surface area contributed by atoms with Gasteiger partial charge < -0.3 is 5.32 Å². The molecule has 1 N–H and O–H groups in total. The smallest absolute Gasteiger partial charge is 0.227 e. The largest absolute Gasteiger partial charge is 0.356 e. The lowest BCUT2D eigenvalue weighted by Gasteiger charge is -2.14. The number of benzene rings is 1. The average molecular weight is 221 g/mol. The first-order valence-electron chi connectivity index (χ1n) is 5.33. The molecule has 86 valence electrons. The summed E-state index contributed by atoms with van der Waals surface area (Å²) in [5.74, 6) is -0.621. The van der Waals surface area contributed by atoms with Crippen LogP contribution in [0, 0.1) is 5.82 Å². The van der Waals surface area contributed by atoms with Crippen LogP contribution in [0.25, 0.3) is 0 Å². The molecule has 1 aromatic carbocycles. The summed E-state index contributed by atoms with van der Waals surface area (Å²) in [7, 11) is 0. The highest BCUT2D eigenvalue weighted by Crippen LogP contribution is 2.20. The van der Waals surface area contributed by atoms with E-state index in [9.17, 15) is 9.18 Å². The molecular weight excluding hydrogens is 205 g/mol. The molecule has 0 spiro atoms. The predicted molar refractivity (Wildman–Crippen MR) is 62.6 cm³/mol. The minimum Gasteiger partial charge on any atom is -0.356 e. The Bertz CT molecular complexity index is 359. The number of nitrogens with one attached hydrogen (secondary N) is 1. The van der Waals surface area contributed by atoms with E-state index in [2.05, 4.69) is 11.9 Å². The lowest BCUT2D eigenvalue weighted by atomic mass is 9.95. The van der Waals surface area contributed by atoms with Gasteiger partial charge in [0, 0.05) is 6.54 Å². The zero-order valence-electron chi connectivity index (χ0n) is 9.37. The van der Waals surface area contributed by atoms with Crippen molar-refractivity contribution in [2.75, 3.05) is 6.54 Å². The van der Waals surface area contributed by atoms with Gasteiger partial charge in [-0.25, -0.2) is 4.39 Å². The van der Waals surface area contributed by atoms with E-state index in [1.165, 1.54) is 12.1 Å². The summed E-state index contributed by atoms with van der Waals surface area (Å²) >= 11 is 0. The van der Waals surface area contributed by atoms with Crippen LogP contribution in [-0.2, 0) is 4.79 Å². The Morgan fingerprint density at radius 3 is 2.62 bits per heavy atom. The predicted octanol–water partition coefficient (Wildman–Crippen LogP) is 2.62. The standard InChI is InChI=1S/C13H16FNO/c1-3-5-12(13(16)15-4-2)10-6-8-11(14)9-7-10/h3,6-9,12H,1,4-5H2,2H3,(H,15,16)/t12-/m0/s1. The zero-order valence-corrected chi connectivity index (χ0v) is 9.37. The second-order valence-electron chi connectivity index (χ2n) is 3.52. The van der Waals surface area contributed by atoms with Crippen LogP contribution in [0.4, 0.5) is 4.39 Å². The van der Waals surface area contributed by atoms with E-state index in [1.54, 1.807) is 18.2 Å². The van der Waals surface area contributed by atoms with Crippen molar-refractivity contribution in [1.82, 2.24) is 5.32 Å². The Morgan fingerprint density at radius 2 is 2.12 bits per heavy atom. The maximum atomic E-state index is 12.8. The highest BCUT2D eigenvalue weighted by Gasteiger charge is 2.18. The van der Waals surface area contributed by atoms with E-state index >= 15 is 0 Å². The summed E-state index contributed by atoms with van der Waals surface area (Å²) in [6, 6.07) is 6.01. The van der Waals surface area contributed by atoms with Gasteiger partial charge in [0.15, 0.2) is 0 Å². The molecule has 0 saturated heterocycles. The fourth-order valence-electron chi connectivity index (χ4n) is 1.55. The first-order valence-corrected chi connectivity index (χ1v) is 5.33. The fraction of sp³-hybridized carbons (Fsp3) is 0.308. The van der Waals surface area contributed by atoms with Crippen molar-refractivity contribution in [2.45, 2.75) is 19.3 Å². The Balaban J connectivity index is 2.88. The molecule has 0 saturated carbocycles. The quantitative estimate of drug-likeness (QED) is 0.761. The second-order valence-corrected chi connectivity index (χ2v) is 3.52. The molecule has 1 atom stereocenters. The van der Waals surface area contributed by atoms with Crippen LogP contribution in [-0.4, -0.2) is 12.5 Å². The molecule has 0 fully saturated rings. The van der Waals surface area contributed by atoms with Gasteiger partial charge in [0.25, 0.3) is 0 Å². The summed E-state index contributed by atoms with van der Waals surface area (Å²) in [6.07, 6.45) is 2.25. The lowest BCUT2D eigenvalue weighted by molar-refractivity contribution is -0.122. The number of hydrogen-bond acceptors (Lipinski definition) is 1. The van der Waals surface area contributed by atoms with Gasteiger partial charge in [-0.05, 0) is 31.0 Å². The first kappa shape index (κ1) is 12.4. The van der Waals surface area contributed by atoms with Gasteiger partial charge in [0.1, 0.15) is 5.82 Å². The normalized spacial score (nSPS) is 11.9. The third-order valence-electron chi connectivity index (χ3n) is 2.34. The summed E-state index contributed by atoms with van der Waals surface area (Å²) in [6.45, 7) is 6.09. The Kier molecular flexibility index (Phi) is 4.70. The van der Waals surface area contributed by atoms with Crippen LogP contribution in [0.15, 0.2) is 36.9 Å². The van der Waals surface area contributed by atoms with E-state index in [-0.39, 0.29) is 17.6 Å². The van der Waals surface area contributed by atoms with Crippen LogP contribution in [0.1, 0.15) is 24.8 Å². The number of likely N-dealkylation sites (N-methyl/N-ethyl adjacent to an activating group) is 1. The summed E-state index contributed by atoms with van der Waals surface area (Å²) in [5, 5.41) is 2.76. The number of allylic oxidation sites excluding steroid dienone is 1. The van der Waals surface area contributed by atoms with E-state index in [0.717, 1.165) is 5.56 Å². The van der Waals surface area contributed by atoms with Crippen molar-refractivity contribution in [1.29, 1.82) is 0 Å². The van der Waals surface area contributed by atoms with Gasteiger partial charge in [-0.15, -0.1) is 6.58 Å². The second kappa shape index (κ2) is 6.05. The zero-order chi connectivity index (χ0) is 12.0. The SMILES string of the molecule is C=CC[C@H](C(=O)NCC)c1ccc(F)cc1. The number of carbonyl (C=O) groups is 1. The molecule has 16 heavy (non-hydrogen) atoms. The van der Waals surface area contributed by atoms with E-state index < -0.39 is 0 Å². The van der Waals surface area contributed by atoms with Gasteiger partial charge in [0.2, 0.25) is 5.91 Å². The molecule has 0 aromatic heterocycles. The Hall–Kier alpha value is -1.64. The monoisotopic (exact) mass is 221 g/mol. The lowest BCUT2D eigenvalue weighted by Crippen LogP contribution is -2.28. The van der Waals surface area contributed by atoms with Crippen LogP contribution < -0.4 is 5.32 Å². The van der Waals surface area contributed by atoms with E-state index in [1.807, 2.05) is 6.92 Å². The van der Waals surface area contributed by atoms with Crippen LogP contribution >= 0.6 is 0 Å². The minimum absolute atomic E-state index is 0.0472. The number of carbonyl (C=O) groups excluding carboxylic acids is 1. The van der Waals surface area contributed by atoms with Crippen molar-refractivity contribution in [3.05, 3.63) is 48.3 Å². The van der Waals surface area contributed by atoms with Crippen molar-refractivity contribution in [2.24, 2.45) is 0 Å². The van der Waals surface area contributed by atoms with Gasteiger partial charge in [-0.2, -0.15) is 0 Å². The summed E-state index contributed by atoms with van der Waals surface area (Å²) in [4.78, 5) is 11.8. The van der Waals surface area contributed by atoms with Crippen molar-refractivity contribution in [3.63, 3.8) is 0 Å². The van der Waals surface area contributed by atoms with Crippen molar-refractivity contribution < 1.29 is 9.18 Å². The van der Waals surface area contributed by atoms with Crippen LogP contribution in [0.2, 0.25) is 0 Å². The summed E-state index contributed by atoms with van der Waals surface area (Å²) < 4.78 is 12.8. The molecule has 1 rings (SSSR count). The Labute approximate surface area is 95.2 Å². The van der Waals surface area contributed by atoms with E-state index in [4.69, 9.17) is 0 Å². The van der Waals surface area contributed by atoms with Crippen molar-refractivity contribution in [3.8, 4) is 0 Å². The third-order valence-corrected chi connectivity index (χ3v) is 2.34. The summed E-state index contributed by atoms with van der Waals surface area (Å²) in [5.41, 5.74) is 0.812. The molecular formula is C13H16FNO. The molecule has 0 heterocycles. The highest BCUT2D eigenvalue weighted by molar-refractivity contribution is 5.83. The van der Waals surface area contributed by atoms with Gasteiger partial charge in [-0.3, -0.25) is 4.79 Å². The molecule has 0 bridgehead atoms. The molecule has 0 radical (unpaired) electrons. The highest BCUT2D eigenvalue weighted by atomic mass is 19.1. The molecule has 2 nitrogen and oxygen atoms in total. The third kappa shape index (κ3) is 3.19. The number of hydrogen-bond donors (Lipinski definition) is 1. The van der Waals surface area contributed by atoms with Crippen LogP contribution in [0.5, 0.6) is 0 Å². The van der Waals surface area contributed by atoms with Crippen LogP contribution in [0.3, 0.4) is 0 Å². The molecule has 0 aliphatic carbocycles. The average Bonchev–Trinajstić information content (AvgIpc) is 2.28. The van der Waals surface area contributed by atoms with Gasteiger partial charge >= 0.3 is 0 Å². The topological polar surface area (TPSA) is 29.1 Å².